The van der Waals surface area contributed by atoms with Gasteiger partial charge in [0.1, 0.15) is 0 Å². The summed E-state index contributed by atoms with van der Waals surface area (Å²) < 4.78 is 27.4. The average Bonchev–Trinajstić information content (AvgIpc) is 2.65. The first-order valence-electron chi connectivity index (χ1n) is 8.35. The highest BCUT2D eigenvalue weighted by molar-refractivity contribution is 7.89. The maximum absolute atomic E-state index is 12.1. The second kappa shape index (κ2) is 9.95. The molecule has 0 aliphatic rings. The summed E-state index contributed by atoms with van der Waals surface area (Å²) >= 11 is 0. The molecule has 0 aliphatic heterocycles. The van der Waals surface area contributed by atoms with Crippen molar-refractivity contribution in [2.75, 3.05) is 32.1 Å². The largest absolute Gasteiger partial charge is 0.385 e. The summed E-state index contributed by atoms with van der Waals surface area (Å²) in [5.41, 5.74) is 1.25. The molecule has 0 saturated heterocycles. The zero-order chi connectivity index (χ0) is 19.7. The molecule has 0 saturated carbocycles. The van der Waals surface area contributed by atoms with E-state index in [4.69, 9.17) is 9.88 Å². The highest BCUT2D eigenvalue weighted by atomic mass is 32.2. The Hall–Kier alpha value is -2.56. The van der Waals surface area contributed by atoms with E-state index in [0.29, 0.717) is 37.6 Å². The van der Waals surface area contributed by atoms with Crippen molar-refractivity contribution in [3.63, 3.8) is 0 Å². The molecule has 0 unspecified atom stereocenters. The molecule has 0 aliphatic carbocycles. The van der Waals surface area contributed by atoms with Crippen LogP contribution in [0.5, 0.6) is 0 Å². The van der Waals surface area contributed by atoms with E-state index in [1.54, 1.807) is 19.2 Å². The number of nitrogens with two attached hydrogens (primary N) is 1. The van der Waals surface area contributed by atoms with Gasteiger partial charge in [-0.1, -0.05) is 12.1 Å². The maximum Gasteiger partial charge on any atom is 0.254 e. The number of aromatic nitrogens is 2. The number of nitrogens with zero attached hydrogens (tertiary/aromatic N) is 2. The van der Waals surface area contributed by atoms with Gasteiger partial charge >= 0.3 is 0 Å². The second-order valence-electron chi connectivity index (χ2n) is 5.76. The van der Waals surface area contributed by atoms with Crippen LogP contribution in [0.3, 0.4) is 0 Å². The number of sulfonamides is 1. The molecule has 2 aromatic rings. The van der Waals surface area contributed by atoms with Gasteiger partial charge in [0.2, 0.25) is 16.0 Å². The molecule has 9 nitrogen and oxygen atoms in total. The molecule has 0 bridgehead atoms. The van der Waals surface area contributed by atoms with E-state index in [1.165, 1.54) is 24.5 Å². The van der Waals surface area contributed by atoms with Crippen molar-refractivity contribution in [2.45, 2.75) is 17.7 Å². The van der Waals surface area contributed by atoms with E-state index < -0.39 is 10.0 Å². The van der Waals surface area contributed by atoms with Crippen molar-refractivity contribution in [1.29, 1.82) is 0 Å². The quantitative estimate of drug-likeness (QED) is 0.501. The molecule has 1 heterocycles. The van der Waals surface area contributed by atoms with Crippen LogP contribution in [-0.2, 0) is 21.2 Å². The van der Waals surface area contributed by atoms with Crippen molar-refractivity contribution in [1.82, 2.24) is 15.3 Å². The minimum atomic E-state index is -3.70. The standard InChI is InChI=1S/C17H23N5O4S/c1-26-10-2-8-20-17-21-11-14(12-22-17)16(23)19-9-7-13-3-5-15(6-4-13)27(18,24)25/h3-6,11-12H,2,7-10H2,1H3,(H,19,23)(H2,18,24,25)(H,20,21,22). The summed E-state index contributed by atoms with van der Waals surface area (Å²) in [6, 6.07) is 6.22. The van der Waals surface area contributed by atoms with Crippen molar-refractivity contribution in [2.24, 2.45) is 5.14 Å². The van der Waals surface area contributed by atoms with Crippen LogP contribution in [0.15, 0.2) is 41.6 Å². The molecule has 0 atom stereocenters. The van der Waals surface area contributed by atoms with Gasteiger partial charge in [-0.25, -0.2) is 23.5 Å². The molecule has 0 spiro atoms. The molecule has 4 N–H and O–H groups in total. The number of hydrogen-bond donors (Lipinski definition) is 3. The SMILES string of the molecule is COCCCNc1ncc(C(=O)NCCc2ccc(S(N)(=O)=O)cc2)cn1. The van der Waals surface area contributed by atoms with Crippen LogP contribution >= 0.6 is 0 Å². The summed E-state index contributed by atoms with van der Waals surface area (Å²) in [4.78, 5) is 20.4. The Balaban J connectivity index is 1.78. The van der Waals surface area contributed by atoms with Crippen LogP contribution in [0.1, 0.15) is 22.3 Å². The molecule has 1 aromatic carbocycles. The minimum Gasteiger partial charge on any atom is -0.385 e. The Labute approximate surface area is 158 Å². The second-order valence-corrected chi connectivity index (χ2v) is 7.32. The Kier molecular flexibility index (Phi) is 7.65. The monoisotopic (exact) mass is 393 g/mol. The molecule has 27 heavy (non-hydrogen) atoms. The number of anilines is 1. The summed E-state index contributed by atoms with van der Waals surface area (Å²) in [5, 5.41) is 10.9. The average molecular weight is 393 g/mol. The van der Waals surface area contributed by atoms with E-state index in [2.05, 4.69) is 20.6 Å². The van der Waals surface area contributed by atoms with Gasteiger partial charge in [-0.15, -0.1) is 0 Å². The fourth-order valence-corrected chi connectivity index (χ4v) is 2.74. The van der Waals surface area contributed by atoms with Gasteiger partial charge in [0.05, 0.1) is 10.5 Å². The number of nitrogens with one attached hydrogen (secondary N) is 2. The molecular formula is C17H23N5O4S. The lowest BCUT2D eigenvalue weighted by atomic mass is 10.1. The van der Waals surface area contributed by atoms with Crippen LogP contribution < -0.4 is 15.8 Å². The van der Waals surface area contributed by atoms with Gasteiger partial charge < -0.3 is 15.4 Å². The lowest BCUT2D eigenvalue weighted by molar-refractivity contribution is 0.0953. The third-order valence-electron chi connectivity index (χ3n) is 3.67. The number of ether oxygens (including phenoxy) is 1. The Morgan fingerprint density at radius 3 is 2.41 bits per heavy atom. The third-order valence-corrected chi connectivity index (χ3v) is 4.60. The predicted octanol–water partition coefficient (Wildman–Crippen LogP) is 0.545. The van der Waals surface area contributed by atoms with Crippen molar-refractivity contribution >= 4 is 21.9 Å². The predicted molar refractivity (Wildman–Crippen MR) is 101 cm³/mol. The number of carbonyl (C=O) groups is 1. The lowest BCUT2D eigenvalue weighted by Crippen LogP contribution is -2.26. The molecular weight excluding hydrogens is 370 g/mol. The summed E-state index contributed by atoms with van der Waals surface area (Å²) in [6.07, 6.45) is 4.31. The number of hydrogen-bond acceptors (Lipinski definition) is 7. The van der Waals surface area contributed by atoms with Crippen LogP contribution in [0.2, 0.25) is 0 Å². The van der Waals surface area contributed by atoms with E-state index in [-0.39, 0.29) is 10.8 Å². The fraction of sp³-hybridized carbons (Fsp3) is 0.353. The van der Waals surface area contributed by atoms with E-state index in [9.17, 15) is 13.2 Å². The molecule has 0 fully saturated rings. The van der Waals surface area contributed by atoms with Crippen LogP contribution in [0.4, 0.5) is 5.95 Å². The Morgan fingerprint density at radius 1 is 1.15 bits per heavy atom. The van der Waals surface area contributed by atoms with E-state index in [1.807, 2.05) is 0 Å². The number of primary sulfonamides is 1. The van der Waals surface area contributed by atoms with Crippen molar-refractivity contribution in [3.8, 4) is 0 Å². The van der Waals surface area contributed by atoms with Gasteiger partial charge in [0, 0.05) is 39.2 Å². The number of benzene rings is 1. The van der Waals surface area contributed by atoms with Gasteiger partial charge in [0.25, 0.3) is 5.91 Å². The molecule has 1 amide bonds. The van der Waals surface area contributed by atoms with Gasteiger partial charge in [-0.2, -0.15) is 0 Å². The fourth-order valence-electron chi connectivity index (χ4n) is 2.22. The van der Waals surface area contributed by atoms with Crippen LogP contribution in [-0.4, -0.2) is 51.1 Å². The highest BCUT2D eigenvalue weighted by Gasteiger charge is 2.08. The third kappa shape index (κ3) is 6.93. The van der Waals surface area contributed by atoms with Crippen LogP contribution in [0.25, 0.3) is 0 Å². The van der Waals surface area contributed by atoms with E-state index in [0.717, 1.165) is 12.0 Å². The maximum atomic E-state index is 12.1. The normalized spacial score (nSPS) is 11.2. The zero-order valence-electron chi connectivity index (χ0n) is 15.0. The number of methoxy groups -OCH3 is 1. The molecule has 146 valence electrons. The summed E-state index contributed by atoms with van der Waals surface area (Å²) in [7, 11) is -2.05. The van der Waals surface area contributed by atoms with Gasteiger partial charge in [-0.05, 0) is 30.5 Å². The molecule has 2 rings (SSSR count). The summed E-state index contributed by atoms with van der Waals surface area (Å²) in [5.74, 6) is 0.180. The Bertz CT molecular complexity index is 839. The van der Waals surface area contributed by atoms with Crippen LogP contribution in [0, 0.1) is 0 Å². The topological polar surface area (TPSA) is 136 Å². The minimum absolute atomic E-state index is 0.0587. The molecule has 10 heteroatoms. The Morgan fingerprint density at radius 2 is 1.81 bits per heavy atom. The first kappa shape index (κ1) is 20.7. The highest BCUT2D eigenvalue weighted by Crippen LogP contribution is 2.09. The lowest BCUT2D eigenvalue weighted by Gasteiger charge is -2.07. The summed E-state index contributed by atoms with van der Waals surface area (Å²) in [6.45, 7) is 1.73. The van der Waals surface area contributed by atoms with E-state index >= 15 is 0 Å². The molecule has 0 radical (unpaired) electrons. The first-order chi connectivity index (χ1) is 12.9. The first-order valence-corrected chi connectivity index (χ1v) is 9.89. The zero-order valence-corrected chi connectivity index (χ0v) is 15.8. The number of carbonyl (C=O) groups excluding carboxylic acids is 1. The smallest absolute Gasteiger partial charge is 0.254 e. The molecule has 1 aromatic heterocycles. The van der Waals surface area contributed by atoms with Crippen molar-refractivity contribution in [3.05, 3.63) is 47.8 Å². The number of amides is 1. The van der Waals surface area contributed by atoms with Gasteiger partial charge in [-0.3, -0.25) is 4.79 Å². The van der Waals surface area contributed by atoms with Gasteiger partial charge in [0.15, 0.2) is 0 Å². The number of rotatable bonds is 10. The van der Waals surface area contributed by atoms with Crippen molar-refractivity contribution < 1.29 is 17.9 Å².